The van der Waals surface area contributed by atoms with Gasteiger partial charge in [0.25, 0.3) is 0 Å². The fraction of sp³-hybridized carbons (Fsp3) is 0.211. The van der Waals surface area contributed by atoms with Gasteiger partial charge in [0, 0.05) is 6.42 Å². The van der Waals surface area contributed by atoms with E-state index >= 15 is 0 Å². The first-order valence-electron chi connectivity index (χ1n) is 8.40. The van der Waals surface area contributed by atoms with Crippen LogP contribution in [0.15, 0.2) is 54.6 Å². The van der Waals surface area contributed by atoms with Crippen molar-refractivity contribution < 1.29 is 9.13 Å². The number of fused-ring (bicyclic) bond motifs is 1. The number of rotatable bonds is 7. The van der Waals surface area contributed by atoms with Crippen LogP contribution in [-0.4, -0.2) is 19.8 Å². The van der Waals surface area contributed by atoms with Gasteiger partial charge in [0.1, 0.15) is 23.2 Å². The molecule has 0 aliphatic rings. The minimum Gasteiger partial charge on any atom is -0.486 e. The van der Waals surface area contributed by atoms with Crippen LogP contribution < -0.4 is 4.74 Å². The quantitative estimate of drug-likeness (QED) is 0.493. The van der Waals surface area contributed by atoms with Crippen molar-refractivity contribution in [2.45, 2.75) is 25.9 Å². The Morgan fingerprint density at radius 3 is 2.58 bits per heavy atom. The fourth-order valence-electron chi connectivity index (χ4n) is 2.66. The third-order valence-electron chi connectivity index (χ3n) is 3.98. The van der Waals surface area contributed by atoms with E-state index < -0.39 is 0 Å². The molecule has 0 aliphatic carbocycles. The lowest BCUT2D eigenvalue weighted by molar-refractivity contribution is 0.292. The summed E-state index contributed by atoms with van der Waals surface area (Å²) in [6, 6.07) is 16.3. The van der Waals surface area contributed by atoms with Crippen molar-refractivity contribution in [1.82, 2.24) is 19.8 Å². The van der Waals surface area contributed by atoms with E-state index in [0.29, 0.717) is 11.6 Å². The van der Waals surface area contributed by atoms with Crippen LogP contribution in [0, 0.1) is 5.82 Å². The molecule has 4 rings (SSSR count). The second-order valence-electron chi connectivity index (χ2n) is 5.89. The molecule has 0 radical (unpaired) electrons. The van der Waals surface area contributed by atoms with E-state index in [9.17, 15) is 4.39 Å². The second kappa shape index (κ2) is 7.61. The van der Waals surface area contributed by atoms with Crippen molar-refractivity contribution in [3.05, 3.63) is 76.8 Å². The van der Waals surface area contributed by atoms with E-state index in [1.165, 1.54) is 17.7 Å². The van der Waals surface area contributed by atoms with E-state index in [2.05, 4.69) is 39.6 Å². The number of ether oxygens (including phenoxy) is 1. The summed E-state index contributed by atoms with van der Waals surface area (Å²) in [7, 11) is 0. The third kappa shape index (κ3) is 3.88. The lowest BCUT2D eigenvalue weighted by Gasteiger charge is -2.03. The first kappa shape index (κ1) is 16.7. The molecule has 0 N–H and O–H groups in total. The van der Waals surface area contributed by atoms with Gasteiger partial charge >= 0.3 is 0 Å². The Kier molecular flexibility index (Phi) is 4.88. The minimum absolute atomic E-state index is 0.236. The van der Waals surface area contributed by atoms with E-state index in [1.807, 2.05) is 6.07 Å². The van der Waals surface area contributed by atoms with Crippen molar-refractivity contribution in [2.24, 2.45) is 0 Å². The van der Waals surface area contributed by atoms with E-state index in [4.69, 9.17) is 4.74 Å². The molecular formula is C19H17FN4OS. The predicted molar refractivity (Wildman–Crippen MR) is 97.9 cm³/mol. The SMILES string of the molecule is Fc1ccc(OCc2nnc3sc(CCCc4ccccc4)nn23)cc1. The topological polar surface area (TPSA) is 52.3 Å². The Morgan fingerprint density at radius 1 is 0.962 bits per heavy atom. The Bertz CT molecular complexity index is 982. The van der Waals surface area contributed by atoms with Crippen LogP contribution in [-0.2, 0) is 19.4 Å². The van der Waals surface area contributed by atoms with E-state index in [1.54, 1.807) is 28.0 Å². The fourth-order valence-corrected chi connectivity index (χ4v) is 3.55. The molecule has 4 aromatic rings. The molecule has 0 aliphatic heterocycles. The van der Waals surface area contributed by atoms with Crippen LogP contribution in [0.5, 0.6) is 5.75 Å². The van der Waals surface area contributed by atoms with E-state index in [0.717, 1.165) is 29.2 Å². The smallest absolute Gasteiger partial charge is 0.234 e. The molecule has 0 bridgehead atoms. The van der Waals surface area contributed by atoms with Gasteiger partial charge in [-0.1, -0.05) is 41.7 Å². The van der Waals surface area contributed by atoms with Crippen LogP contribution in [0.4, 0.5) is 4.39 Å². The van der Waals surface area contributed by atoms with Crippen LogP contribution in [0.25, 0.3) is 4.96 Å². The van der Waals surface area contributed by atoms with Crippen molar-refractivity contribution in [1.29, 1.82) is 0 Å². The predicted octanol–water partition coefficient (Wildman–Crippen LogP) is 4.08. The van der Waals surface area contributed by atoms with Gasteiger partial charge in [-0.15, -0.1) is 10.2 Å². The lowest BCUT2D eigenvalue weighted by atomic mass is 10.1. The number of hydrogen-bond donors (Lipinski definition) is 0. The number of nitrogens with zero attached hydrogens (tertiary/aromatic N) is 4. The summed E-state index contributed by atoms with van der Waals surface area (Å²) >= 11 is 1.55. The average Bonchev–Trinajstić information content (AvgIpc) is 3.23. The van der Waals surface area contributed by atoms with Crippen molar-refractivity contribution in [3.8, 4) is 5.75 Å². The Morgan fingerprint density at radius 2 is 1.77 bits per heavy atom. The molecular weight excluding hydrogens is 351 g/mol. The molecule has 5 nitrogen and oxygen atoms in total. The maximum atomic E-state index is 12.9. The van der Waals surface area contributed by atoms with Gasteiger partial charge in [-0.2, -0.15) is 9.61 Å². The second-order valence-corrected chi connectivity index (χ2v) is 6.93. The highest BCUT2D eigenvalue weighted by atomic mass is 32.1. The first-order valence-corrected chi connectivity index (χ1v) is 9.22. The van der Waals surface area contributed by atoms with Crippen molar-refractivity contribution >= 4 is 16.3 Å². The van der Waals surface area contributed by atoms with Gasteiger partial charge in [-0.3, -0.25) is 0 Å². The van der Waals surface area contributed by atoms with Crippen molar-refractivity contribution in [2.75, 3.05) is 0 Å². The molecule has 0 saturated carbocycles. The zero-order chi connectivity index (χ0) is 17.8. The molecule has 2 aromatic carbocycles. The lowest BCUT2D eigenvalue weighted by Crippen LogP contribution is -2.03. The molecule has 0 amide bonds. The first-order chi connectivity index (χ1) is 12.8. The summed E-state index contributed by atoms with van der Waals surface area (Å²) in [6.07, 6.45) is 2.97. The van der Waals surface area contributed by atoms with E-state index in [-0.39, 0.29) is 12.4 Å². The molecule has 0 saturated heterocycles. The molecule has 2 aromatic heterocycles. The van der Waals surface area contributed by atoms with Crippen LogP contribution >= 0.6 is 11.3 Å². The number of benzene rings is 2. The van der Waals surface area contributed by atoms with Gasteiger partial charge in [0.15, 0.2) is 5.82 Å². The van der Waals surface area contributed by atoms with Gasteiger partial charge in [-0.25, -0.2) is 4.39 Å². The highest BCUT2D eigenvalue weighted by Gasteiger charge is 2.12. The van der Waals surface area contributed by atoms with Gasteiger partial charge in [0.2, 0.25) is 4.96 Å². The molecule has 132 valence electrons. The Hall–Kier alpha value is -2.80. The molecule has 26 heavy (non-hydrogen) atoms. The standard InChI is InChI=1S/C19H17FN4OS/c20-15-9-11-16(12-10-15)25-13-17-21-22-19-24(17)23-18(26-19)8-4-7-14-5-2-1-3-6-14/h1-3,5-6,9-12H,4,7-8,13H2. The van der Waals surface area contributed by atoms with Crippen LogP contribution in [0.1, 0.15) is 22.8 Å². The highest BCUT2D eigenvalue weighted by Crippen LogP contribution is 2.18. The third-order valence-corrected chi connectivity index (χ3v) is 4.94. The summed E-state index contributed by atoms with van der Waals surface area (Å²) in [5, 5.41) is 13.9. The molecule has 0 unspecified atom stereocenters. The monoisotopic (exact) mass is 368 g/mol. The molecule has 2 heterocycles. The zero-order valence-electron chi connectivity index (χ0n) is 14.0. The average molecular weight is 368 g/mol. The molecule has 7 heteroatoms. The number of hydrogen-bond acceptors (Lipinski definition) is 5. The summed E-state index contributed by atoms with van der Waals surface area (Å²) in [4.78, 5) is 0.761. The van der Waals surface area contributed by atoms with Crippen molar-refractivity contribution in [3.63, 3.8) is 0 Å². The summed E-state index contributed by atoms with van der Waals surface area (Å²) in [5.41, 5.74) is 1.34. The number of aryl methyl sites for hydroxylation is 2. The summed E-state index contributed by atoms with van der Waals surface area (Å²) in [6.45, 7) is 0.236. The maximum absolute atomic E-state index is 12.9. The van der Waals surface area contributed by atoms with Crippen LogP contribution in [0.2, 0.25) is 0 Å². The summed E-state index contributed by atoms with van der Waals surface area (Å²) < 4.78 is 20.3. The molecule has 0 fully saturated rings. The summed E-state index contributed by atoms with van der Waals surface area (Å²) in [5.74, 6) is 0.929. The highest BCUT2D eigenvalue weighted by molar-refractivity contribution is 7.16. The maximum Gasteiger partial charge on any atom is 0.234 e. The van der Waals surface area contributed by atoms with Crippen LogP contribution in [0.3, 0.4) is 0 Å². The number of halogens is 1. The van der Waals surface area contributed by atoms with Gasteiger partial charge in [-0.05, 0) is 42.7 Å². The van der Waals surface area contributed by atoms with Gasteiger partial charge in [0.05, 0.1) is 0 Å². The van der Waals surface area contributed by atoms with Gasteiger partial charge < -0.3 is 4.74 Å². The Labute approximate surface area is 154 Å². The Balaban J connectivity index is 1.37. The molecule has 0 spiro atoms. The largest absolute Gasteiger partial charge is 0.486 e. The minimum atomic E-state index is -0.290. The normalized spacial score (nSPS) is 11.1. The molecule has 0 atom stereocenters. The zero-order valence-corrected chi connectivity index (χ0v) is 14.8. The number of aromatic nitrogens is 4.